The number of unbranched alkanes of at least 4 members (excludes halogenated alkanes) is 1. The number of nitrogens with one attached hydrogen (secondary N) is 1. The van der Waals surface area contributed by atoms with Crippen molar-refractivity contribution in [1.82, 2.24) is 10.2 Å². The van der Waals surface area contributed by atoms with Crippen LogP contribution >= 0.6 is 24.0 Å². The number of hydrazine groups is 1. The molecule has 126 valence electrons. The molecular weight excluding hydrogens is 339 g/mol. The number of rotatable bonds is 7. The molecule has 1 aromatic heterocycles. The van der Waals surface area contributed by atoms with Crippen molar-refractivity contribution in [2.45, 2.75) is 19.8 Å². The number of nitrogens with zero attached hydrogens (tertiary/aromatic N) is 2. The average molecular weight is 359 g/mol. The molecule has 0 spiro atoms. The Bertz CT molecular complexity index is 641. The van der Waals surface area contributed by atoms with Gasteiger partial charge in [0.2, 0.25) is 0 Å². The molecule has 0 atom stereocenters. The average Bonchev–Trinajstić information content (AvgIpc) is 2.56. The lowest BCUT2D eigenvalue weighted by Crippen LogP contribution is -2.09. The molecule has 8 heteroatoms. The number of aromatic nitrogens is 2. The molecule has 0 amide bonds. The van der Waals surface area contributed by atoms with Crippen molar-refractivity contribution in [3.63, 3.8) is 0 Å². The Morgan fingerprint density at radius 2 is 2.00 bits per heavy atom. The van der Waals surface area contributed by atoms with E-state index in [2.05, 4.69) is 22.5 Å². The molecule has 2 aromatic rings. The highest BCUT2D eigenvalue weighted by Crippen LogP contribution is 2.35. The minimum Gasteiger partial charge on any atom is -0.493 e. The summed E-state index contributed by atoms with van der Waals surface area (Å²) in [5.41, 5.74) is 4.01. The normalized spacial score (nSPS) is 9.91. The first-order chi connectivity index (χ1) is 10.7. The molecule has 0 radical (unpaired) electrons. The number of anilines is 1. The molecule has 6 nitrogen and oxygen atoms in total. The van der Waals surface area contributed by atoms with E-state index in [1.165, 1.54) is 0 Å². The second kappa shape index (κ2) is 9.39. The Morgan fingerprint density at radius 1 is 1.22 bits per heavy atom. The van der Waals surface area contributed by atoms with Crippen LogP contribution in [0.5, 0.6) is 11.5 Å². The zero-order valence-electron chi connectivity index (χ0n) is 13.0. The van der Waals surface area contributed by atoms with Gasteiger partial charge in [0.15, 0.2) is 22.5 Å². The third kappa shape index (κ3) is 4.86. The lowest BCUT2D eigenvalue weighted by Gasteiger charge is -2.12. The Labute approximate surface area is 146 Å². The number of hydrogen-bond acceptors (Lipinski definition) is 6. The Morgan fingerprint density at radius 3 is 2.65 bits per heavy atom. The second-order valence-electron chi connectivity index (χ2n) is 4.65. The summed E-state index contributed by atoms with van der Waals surface area (Å²) >= 11 is 6.11. The maximum Gasteiger partial charge on any atom is 0.163 e. The molecule has 0 saturated heterocycles. The molecule has 1 aromatic carbocycles. The standard InChI is InChI=1S/C15H19ClN4O2.ClH/c1-3-4-7-22-12-6-5-10(8-13(12)21-2)11-9-14(18-17)19-20-15(11)16;/h5-6,8-9H,3-4,7,17H2,1-2H3,(H,18,19);1H. The SMILES string of the molecule is CCCCOc1ccc(-c2cc(NN)nnc2Cl)cc1OC.Cl. The van der Waals surface area contributed by atoms with Crippen LogP contribution in [0, 0.1) is 0 Å². The highest BCUT2D eigenvalue weighted by Gasteiger charge is 2.11. The van der Waals surface area contributed by atoms with Gasteiger partial charge in [0, 0.05) is 5.56 Å². The number of methoxy groups -OCH3 is 1. The monoisotopic (exact) mass is 358 g/mol. The fraction of sp³-hybridized carbons (Fsp3) is 0.333. The van der Waals surface area contributed by atoms with E-state index in [9.17, 15) is 0 Å². The smallest absolute Gasteiger partial charge is 0.163 e. The molecule has 23 heavy (non-hydrogen) atoms. The highest BCUT2D eigenvalue weighted by molar-refractivity contribution is 6.32. The summed E-state index contributed by atoms with van der Waals surface area (Å²) in [7, 11) is 1.60. The summed E-state index contributed by atoms with van der Waals surface area (Å²) in [6.07, 6.45) is 2.07. The molecule has 0 unspecified atom stereocenters. The second-order valence-corrected chi connectivity index (χ2v) is 5.00. The molecule has 0 aliphatic carbocycles. The Kier molecular flexibility index (Phi) is 7.88. The van der Waals surface area contributed by atoms with Crippen molar-refractivity contribution in [3.8, 4) is 22.6 Å². The fourth-order valence-corrected chi connectivity index (χ4v) is 2.13. The van der Waals surface area contributed by atoms with Gasteiger partial charge in [-0.2, -0.15) is 0 Å². The maximum atomic E-state index is 6.11. The van der Waals surface area contributed by atoms with Gasteiger partial charge in [-0.3, -0.25) is 0 Å². The van der Waals surface area contributed by atoms with Gasteiger partial charge < -0.3 is 14.9 Å². The van der Waals surface area contributed by atoms with Gasteiger partial charge in [-0.15, -0.1) is 22.6 Å². The van der Waals surface area contributed by atoms with Crippen LogP contribution in [0.4, 0.5) is 5.82 Å². The summed E-state index contributed by atoms with van der Waals surface area (Å²) in [5, 5.41) is 7.98. The largest absolute Gasteiger partial charge is 0.493 e. The third-order valence-corrected chi connectivity index (χ3v) is 3.41. The summed E-state index contributed by atoms with van der Waals surface area (Å²) in [6, 6.07) is 7.33. The zero-order valence-corrected chi connectivity index (χ0v) is 14.6. The summed E-state index contributed by atoms with van der Waals surface area (Å²) < 4.78 is 11.1. The van der Waals surface area contributed by atoms with E-state index in [0.717, 1.165) is 18.4 Å². The van der Waals surface area contributed by atoms with Gasteiger partial charge in [-0.1, -0.05) is 31.0 Å². The van der Waals surface area contributed by atoms with E-state index in [0.29, 0.717) is 34.6 Å². The predicted octanol–water partition coefficient (Wildman–Crippen LogP) is 3.69. The number of benzene rings is 1. The zero-order chi connectivity index (χ0) is 15.9. The molecule has 0 saturated carbocycles. The van der Waals surface area contributed by atoms with E-state index >= 15 is 0 Å². The first-order valence-corrected chi connectivity index (χ1v) is 7.38. The summed E-state index contributed by atoms with van der Waals surface area (Å²) in [6.45, 7) is 2.77. The van der Waals surface area contributed by atoms with Crippen LogP contribution in [0.1, 0.15) is 19.8 Å². The topological polar surface area (TPSA) is 82.3 Å². The van der Waals surface area contributed by atoms with Crippen LogP contribution in [-0.2, 0) is 0 Å². The molecule has 2 rings (SSSR count). The number of nitrogens with two attached hydrogens (primary N) is 1. The lowest BCUT2D eigenvalue weighted by molar-refractivity contribution is 0.288. The van der Waals surface area contributed by atoms with E-state index in [-0.39, 0.29) is 12.4 Å². The summed E-state index contributed by atoms with van der Waals surface area (Å²) in [4.78, 5) is 0. The minimum absolute atomic E-state index is 0. The molecular formula is C15H20Cl2N4O2. The minimum atomic E-state index is 0. The van der Waals surface area contributed by atoms with Crippen LogP contribution in [-0.4, -0.2) is 23.9 Å². The van der Waals surface area contributed by atoms with E-state index in [1.54, 1.807) is 13.2 Å². The van der Waals surface area contributed by atoms with Gasteiger partial charge in [-0.25, -0.2) is 5.84 Å². The Hall–Kier alpha value is -1.76. The van der Waals surface area contributed by atoms with Crippen molar-refractivity contribution in [1.29, 1.82) is 0 Å². The number of hydrogen-bond donors (Lipinski definition) is 2. The van der Waals surface area contributed by atoms with E-state index in [1.807, 2.05) is 18.2 Å². The molecule has 0 aliphatic rings. The van der Waals surface area contributed by atoms with Crippen molar-refractivity contribution >= 4 is 29.8 Å². The number of ether oxygens (including phenoxy) is 2. The van der Waals surface area contributed by atoms with Gasteiger partial charge in [0.1, 0.15) is 0 Å². The van der Waals surface area contributed by atoms with Gasteiger partial charge in [-0.05, 0) is 30.2 Å². The van der Waals surface area contributed by atoms with Crippen molar-refractivity contribution in [3.05, 3.63) is 29.4 Å². The molecule has 1 heterocycles. The van der Waals surface area contributed by atoms with Crippen LogP contribution in [0.15, 0.2) is 24.3 Å². The molecule has 0 aliphatic heterocycles. The first-order valence-electron chi connectivity index (χ1n) is 7.00. The molecule has 0 bridgehead atoms. The quantitative estimate of drug-likeness (QED) is 0.446. The number of nitrogen functional groups attached to an aromatic ring is 1. The first kappa shape index (κ1) is 19.3. The van der Waals surface area contributed by atoms with Crippen molar-refractivity contribution < 1.29 is 9.47 Å². The molecule has 0 fully saturated rings. The van der Waals surface area contributed by atoms with Crippen LogP contribution in [0.3, 0.4) is 0 Å². The van der Waals surface area contributed by atoms with E-state index in [4.69, 9.17) is 26.9 Å². The van der Waals surface area contributed by atoms with Gasteiger partial charge in [0.25, 0.3) is 0 Å². The molecule has 3 N–H and O–H groups in total. The summed E-state index contributed by atoms with van der Waals surface area (Å²) in [5.74, 6) is 7.13. The van der Waals surface area contributed by atoms with E-state index < -0.39 is 0 Å². The van der Waals surface area contributed by atoms with Gasteiger partial charge >= 0.3 is 0 Å². The maximum absolute atomic E-state index is 6.11. The lowest BCUT2D eigenvalue weighted by atomic mass is 10.1. The van der Waals surface area contributed by atoms with Crippen LogP contribution < -0.4 is 20.7 Å². The van der Waals surface area contributed by atoms with Crippen LogP contribution in [0.2, 0.25) is 5.15 Å². The third-order valence-electron chi connectivity index (χ3n) is 3.13. The van der Waals surface area contributed by atoms with Crippen molar-refractivity contribution in [2.75, 3.05) is 19.1 Å². The van der Waals surface area contributed by atoms with Gasteiger partial charge in [0.05, 0.1) is 13.7 Å². The number of halogens is 2. The fourth-order valence-electron chi connectivity index (χ4n) is 1.93. The predicted molar refractivity (Wildman–Crippen MR) is 94.5 cm³/mol. The Balaban J connectivity index is 0.00000264. The highest BCUT2D eigenvalue weighted by atomic mass is 35.5. The van der Waals surface area contributed by atoms with Crippen LogP contribution in [0.25, 0.3) is 11.1 Å². The van der Waals surface area contributed by atoms with Crippen molar-refractivity contribution in [2.24, 2.45) is 5.84 Å².